The molecule has 0 aliphatic carbocycles. The van der Waals surface area contributed by atoms with E-state index in [1.807, 2.05) is 19.1 Å². The summed E-state index contributed by atoms with van der Waals surface area (Å²) in [7, 11) is 0. The molecule has 1 saturated heterocycles. The van der Waals surface area contributed by atoms with Gasteiger partial charge in [-0.2, -0.15) is 0 Å². The van der Waals surface area contributed by atoms with E-state index in [1.54, 1.807) is 6.07 Å². The predicted octanol–water partition coefficient (Wildman–Crippen LogP) is 2.92. The zero-order valence-corrected chi connectivity index (χ0v) is 11.5. The summed E-state index contributed by atoms with van der Waals surface area (Å²) < 4.78 is 5.37. The fourth-order valence-corrected chi connectivity index (χ4v) is 2.59. The summed E-state index contributed by atoms with van der Waals surface area (Å²) in [5.41, 5.74) is 2.14. The van der Waals surface area contributed by atoms with Crippen molar-refractivity contribution in [3.8, 4) is 0 Å². The highest BCUT2D eigenvalue weighted by Gasteiger charge is 2.20. The number of carboxylic acids is 1. The van der Waals surface area contributed by atoms with Crippen LogP contribution in [-0.4, -0.2) is 30.3 Å². The van der Waals surface area contributed by atoms with Crippen LogP contribution in [0.25, 0.3) is 0 Å². The highest BCUT2D eigenvalue weighted by atomic mass is 16.5. The molecule has 19 heavy (non-hydrogen) atoms. The van der Waals surface area contributed by atoms with Crippen molar-refractivity contribution in [1.82, 2.24) is 0 Å². The number of hydrogen-bond donors (Lipinski definition) is 2. The van der Waals surface area contributed by atoms with Crippen molar-refractivity contribution in [1.29, 1.82) is 0 Å². The number of aromatic carboxylic acids is 1. The van der Waals surface area contributed by atoms with E-state index in [0.29, 0.717) is 17.5 Å². The molecule has 2 N–H and O–H groups in total. The fraction of sp³-hybridized carbons (Fsp3) is 0.533. The number of aryl methyl sites for hydroxylation is 1. The van der Waals surface area contributed by atoms with Gasteiger partial charge in [0.15, 0.2) is 0 Å². The molecule has 1 aromatic carbocycles. The van der Waals surface area contributed by atoms with Crippen LogP contribution in [0.2, 0.25) is 0 Å². The number of benzene rings is 1. The first kappa shape index (κ1) is 13.9. The average Bonchev–Trinajstić information content (AvgIpc) is 2.39. The van der Waals surface area contributed by atoms with E-state index in [2.05, 4.69) is 12.2 Å². The third kappa shape index (κ3) is 3.47. The summed E-state index contributed by atoms with van der Waals surface area (Å²) >= 11 is 0. The van der Waals surface area contributed by atoms with Crippen LogP contribution in [-0.2, 0) is 4.74 Å². The van der Waals surface area contributed by atoms with Crippen molar-refractivity contribution < 1.29 is 14.6 Å². The molecule has 1 aliphatic heterocycles. The van der Waals surface area contributed by atoms with Gasteiger partial charge in [0.2, 0.25) is 0 Å². The Kier molecular flexibility index (Phi) is 4.43. The van der Waals surface area contributed by atoms with Crippen molar-refractivity contribution >= 4 is 11.7 Å². The summed E-state index contributed by atoms with van der Waals surface area (Å²) in [6.07, 6.45) is 2.17. The minimum absolute atomic E-state index is 0.365. The van der Waals surface area contributed by atoms with Crippen LogP contribution < -0.4 is 5.32 Å². The molecule has 0 bridgehead atoms. The first-order valence-electron chi connectivity index (χ1n) is 6.76. The third-order valence-electron chi connectivity index (χ3n) is 3.82. The summed E-state index contributed by atoms with van der Waals surface area (Å²) in [4.78, 5) is 11.0. The highest BCUT2D eigenvalue weighted by Crippen LogP contribution is 2.23. The Morgan fingerprint density at radius 2 is 2.11 bits per heavy atom. The number of nitrogens with one attached hydrogen (secondary N) is 1. The molecule has 0 amide bonds. The van der Waals surface area contributed by atoms with Gasteiger partial charge in [0.05, 0.1) is 5.56 Å². The number of carboxylic acid groups (broad SMARTS) is 1. The van der Waals surface area contributed by atoms with E-state index in [0.717, 1.165) is 37.3 Å². The van der Waals surface area contributed by atoms with E-state index in [-0.39, 0.29) is 0 Å². The van der Waals surface area contributed by atoms with Crippen LogP contribution in [0, 0.1) is 12.8 Å². The van der Waals surface area contributed by atoms with Crippen molar-refractivity contribution in [3.63, 3.8) is 0 Å². The lowest BCUT2D eigenvalue weighted by Crippen LogP contribution is -2.31. The number of anilines is 1. The predicted molar refractivity (Wildman–Crippen MR) is 74.8 cm³/mol. The number of hydrogen-bond acceptors (Lipinski definition) is 3. The molecule has 0 spiro atoms. The SMILES string of the molecule is Cc1cc(NC(C)C2CCOCC2)ccc1C(=O)O. The second-order valence-electron chi connectivity index (χ2n) is 5.22. The normalized spacial score (nSPS) is 18.0. The van der Waals surface area contributed by atoms with Gasteiger partial charge in [-0.25, -0.2) is 4.79 Å². The quantitative estimate of drug-likeness (QED) is 0.877. The van der Waals surface area contributed by atoms with Gasteiger partial charge in [0, 0.05) is 24.9 Å². The van der Waals surface area contributed by atoms with Gasteiger partial charge in [0.1, 0.15) is 0 Å². The van der Waals surface area contributed by atoms with Gasteiger partial charge in [-0.05, 0) is 56.4 Å². The van der Waals surface area contributed by atoms with E-state index in [1.165, 1.54) is 0 Å². The van der Waals surface area contributed by atoms with Gasteiger partial charge in [-0.1, -0.05) is 0 Å². The van der Waals surface area contributed by atoms with E-state index in [4.69, 9.17) is 9.84 Å². The molecule has 4 heteroatoms. The van der Waals surface area contributed by atoms with Crippen molar-refractivity contribution in [2.75, 3.05) is 18.5 Å². The molecular weight excluding hydrogens is 242 g/mol. The zero-order chi connectivity index (χ0) is 13.8. The van der Waals surface area contributed by atoms with Crippen LogP contribution in [0.1, 0.15) is 35.7 Å². The first-order chi connectivity index (χ1) is 9.08. The third-order valence-corrected chi connectivity index (χ3v) is 3.82. The monoisotopic (exact) mass is 263 g/mol. The molecule has 2 rings (SSSR count). The van der Waals surface area contributed by atoms with Gasteiger partial charge < -0.3 is 15.2 Å². The molecule has 104 valence electrons. The van der Waals surface area contributed by atoms with Crippen molar-refractivity contribution in [2.24, 2.45) is 5.92 Å². The van der Waals surface area contributed by atoms with Gasteiger partial charge in [0.25, 0.3) is 0 Å². The Hall–Kier alpha value is -1.55. The maximum Gasteiger partial charge on any atom is 0.335 e. The van der Waals surface area contributed by atoms with Crippen LogP contribution in [0.15, 0.2) is 18.2 Å². The van der Waals surface area contributed by atoms with Gasteiger partial charge in [-0.15, -0.1) is 0 Å². The molecule has 0 aromatic heterocycles. The van der Waals surface area contributed by atoms with E-state index in [9.17, 15) is 4.79 Å². The molecule has 1 fully saturated rings. The van der Waals surface area contributed by atoms with Crippen LogP contribution in [0.4, 0.5) is 5.69 Å². The molecule has 1 aliphatic rings. The average molecular weight is 263 g/mol. The van der Waals surface area contributed by atoms with E-state index < -0.39 is 5.97 Å². The molecule has 1 unspecified atom stereocenters. The maximum absolute atomic E-state index is 11.0. The second-order valence-corrected chi connectivity index (χ2v) is 5.22. The lowest BCUT2D eigenvalue weighted by Gasteiger charge is -2.29. The summed E-state index contributed by atoms with van der Waals surface area (Å²) in [5.74, 6) is -0.255. The Labute approximate surface area is 113 Å². The minimum atomic E-state index is -0.874. The van der Waals surface area contributed by atoms with Crippen LogP contribution >= 0.6 is 0 Å². The lowest BCUT2D eigenvalue weighted by atomic mass is 9.92. The van der Waals surface area contributed by atoms with Crippen LogP contribution in [0.5, 0.6) is 0 Å². The zero-order valence-electron chi connectivity index (χ0n) is 11.5. The smallest absolute Gasteiger partial charge is 0.335 e. The number of ether oxygens (including phenoxy) is 1. The van der Waals surface area contributed by atoms with Crippen molar-refractivity contribution in [3.05, 3.63) is 29.3 Å². The Morgan fingerprint density at radius 1 is 1.42 bits per heavy atom. The Balaban J connectivity index is 2.02. The summed E-state index contributed by atoms with van der Waals surface area (Å²) in [6.45, 7) is 5.69. The molecular formula is C15H21NO3. The van der Waals surface area contributed by atoms with E-state index >= 15 is 0 Å². The largest absolute Gasteiger partial charge is 0.478 e. The second kappa shape index (κ2) is 6.06. The maximum atomic E-state index is 11.0. The topological polar surface area (TPSA) is 58.6 Å². The van der Waals surface area contributed by atoms with Gasteiger partial charge in [-0.3, -0.25) is 0 Å². The fourth-order valence-electron chi connectivity index (χ4n) is 2.59. The molecule has 0 radical (unpaired) electrons. The first-order valence-corrected chi connectivity index (χ1v) is 6.76. The summed E-state index contributed by atoms with van der Waals surface area (Å²) in [6, 6.07) is 5.78. The standard InChI is InChI=1S/C15H21NO3/c1-10-9-13(3-4-14(10)15(17)18)16-11(2)12-5-7-19-8-6-12/h3-4,9,11-12,16H,5-8H2,1-2H3,(H,17,18). The highest BCUT2D eigenvalue weighted by molar-refractivity contribution is 5.89. The molecule has 1 atom stereocenters. The Bertz CT molecular complexity index is 453. The number of rotatable bonds is 4. The molecule has 0 saturated carbocycles. The van der Waals surface area contributed by atoms with Crippen molar-refractivity contribution in [2.45, 2.75) is 32.7 Å². The molecule has 1 aromatic rings. The number of carbonyl (C=O) groups is 1. The summed E-state index contributed by atoms with van der Waals surface area (Å²) in [5, 5.41) is 12.5. The van der Waals surface area contributed by atoms with Gasteiger partial charge >= 0.3 is 5.97 Å². The minimum Gasteiger partial charge on any atom is -0.478 e. The van der Waals surface area contributed by atoms with Crippen LogP contribution in [0.3, 0.4) is 0 Å². The lowest BCUT2D eigenvalue weighted by molar-refractivity contribution is 0.0622. The molecule has 4 nitrogen and oxygen atoms in total. The molecule has 1 heterocycles. The Morgan fingerprint density at radius 3 is 2.68 bits per heavy atom.